The number of hydrogen-bond acceptors (Lipinski definition) is 13. The summed E-state index contributed by atoms with van der Waals surface area (Å²) in [5, 5.41) is 25.0. The molecule has 0 aliphatic heterocycles. The van der Waals surface area contributed by atoms with Gasteiger partial charge in [0.1, 0.15) is 25.1 Å². The zero-order chi connectivity index (χ0) is 50.6. The normalized spacial score (nSPS) is 16.4. The van der Waals surface area contributed by atoms with Gasteiger partial charge in [-0.2, -0.15) is 15.8 Å². The molecule has 362 valence electrons. The molecular formula is C52H79N3O10. The molecule has 2 aliphatic carbocycles. The zero-order valence-electron chi connectivity index (χ0n) is 42.0. The predicted molar refractivity (Wildman–Crippen MR) is 251 cm³/mol. The van der Waals surface area contributed by atoms with Crippen LogP contribution in [0.25, 0.3) is 0 Å². The highest BCUT2D eigenvalue weighted by Gasteiger charge is 2.46. The molecule has 0 spiro atoms. The van der Waals surface area contributed by atoms with Crippen LogP contribution in [-0.4, -0.2) is 49.2 Å². The lowest BCUT2D eigenvalue weighted by Gasteiger charge is -2.28. The highest BCUT2D eigenvalue weighted by molar-refractivity contribution is 5.77. The van der Waals surface area contributed by atoms with Crippen molar-refractivity contribution >= 4 is 29.8 Å². The van der Waals surface area contributed by atoms with Crippen LogP contribution in [0.2, 0.25) is 0 Å². The third-order valence-corrected chi connectivity index (χ3v) is 12.1. The maximum absolute atomic E-state index is 12.0. The lowest BCUT2D eigenvalue weighted by Crippen LogP contribution is -2.33. The average molecular weight is 906 g/mol. The van der Waals surface area contributed by atoms with Crippen molar-refractivity contribution in [3.8, 4) is 24.0 Å². The molecular weight excluding hydrogens is 827 g/mol. The first-order valence-corrected chi connectivity index (χ1v) is 22.8. The summed E-state index contributed by atoms with van der Waals surface area (Å²) in [5.41, 5.74) is 0.135. The summed E-state index contributed by atoms with van der Waals surface area (Å²) in [7, 11) is 0. The van der Waals surface area contributed by atoms with E-state index in [1.165, 1.54) is 25.5 Å². The quantitative estimate of drug-likeness (QED) is 0.0357. The van der Waals surface area contributed by atoms with E-state index in [0.29, 0.717) is 23.1 Å². The van der Waals surface area contributed by atoms with Crippen LogP contribution in [0, 0.1) is 73.4 Å². The van der Waals surface area contributed by atoms with Crippen molar-refractivity contribution in [3.63, 3.8) is 0 Å². The fraction of sp³-hybridized carbons (Fsp3) is 0.654. The van der Waals surface area contributed by atoms with Crippen LogP contribution in [0.15, 0.2) is 49.3 Å². The number of ether oxygens (including phenoxy) is 5. The van der Waals surface area contributed by atoms with Gasteiger partial charge in [0.2, 0.25) is 0 Å². The van der Waals surface area contributed by atoms with Crippen molar-refractivity contribution in [1.29, 1.82) is 15.8 Å². The van der Waals surface area contributed by atoms with E-state index >= 15 is 0 Å². The monoisotopic (exact) mass is 906 g/mol. The van der Waals surface area contributed by atoms with Crippen LogP contribution in [0.3, 0.4) is 0 Å². The van der Waals surface area contributed by atoms with Crippen LogP contribution in [0.4, 0.5) is 0 Å². The van der Waals surface area contributed by atoms with Gasteiger partial charge < -0.3 is 23.7 Å². The van der Waals surface area contributed by atoms with E-state index in [2.05, 4.69) is 17.9 Å². The molecule has 1 aromatic carbocycles. The maximum Gasteiger partial charge on any atom is 0.316 e. The van der Waals surface area contributed by atoms with Gasteiger partial charge in [0.15, 0.2) is 0 Å². The first-order chi connectivity index (χ1) is 30.2. The third-order valence-electron chi connectivity index (χ3n) is 12.1. The van der Waals surface area contributed by atoms with Gasteiger partial charge in [0.25, 0.3) is 0 Å². The third kappa shape index (κ3) is 22.8. The Bertz CT molecular complexity index is 1760. The second kappa shape index (κ2) is 30.6. The summed E-state index contributed by atoms with van der Waals surface area (Å²) < 4.78 is 25.2. The lowest BCUT2D eigenvalue weighted by molar-refractivity contribution is -0.160. The number of nitrogens with zero attached hydrogens (tertiary/aromatic N) is 3. The van der Waals surface area contributed by atoms with Crippen molar-refractivity contribution in [2.45, 2.75) is 167 Å². The molecule has 0 amide bonds. The van der Waals surface area contributed by atoms with E-state index in [1.807, 2.05) is 115 Å². The van der Waals surface area contributed by atoms with Gasteiger partial charge in [-0.3, -0.25) is 24.0 Å². The fourth-order valence-corrected chi connectivity index (χ4v) is 5.17. The number of carbonyl (C=O) groups is 5. The van der Waals surface area contributed by atoms with E-state index in [-0.39, 0.29) is 78.8 Å². The molecule has 2 aliphatic rings. The summed E-state index contributed by atoms with van der Waals surface area (Å²) in [6.45, 7) is 34.4. The number of benzene rings is 1. The van der Waals surface area contributed by atoms with Gasteiger partial charge in [-0.1, -0.05) is 54.7 Å². The Labute approximate surface area is 390 Å². The van der Waals surface area contributed by atoms with Gasteiger partial charge >= 0.3 is 29.8 Å². The van der Waals surface area contributed by atoms with Crippen molar-refractivity contribution in [3.05, 3.63) is 54.8 Å². The fourth-order valence-electron chi connectivity index (χ4n) is 5.17. The second-order valence-electron chi connectivity index (χ2n) is 18.6. The summed E-state index contributed by atoms with van der Waals surface area (Å²) >= 11 is 0. The first-order valence-electron chi connectivity index (χ1n) is 22.8. The highest BCUT2D eigenvalue weighted by atomic mass is 16.6. The average Bonchev–Trinajstić information content (AvgIpc) is 3.89. The standard InChI is InChI=1S/C14H22O2.C12H13NO2.2C9H15NO2.C8H14O2/c1-5-14(3,4)13(15)16-12-9(2)10-6-7-11(12)8-10;1-3-9(2)12(14)15-11-6-4-10(8-13)5-7-11;2*1-4-9(2,3)8(11)12-7-5-6-10;1-5-8(3,4)7(9)10-6-2/h10-12H,2,5-8H2,1,3-4H3;4-7,9H,3H2,1-2H3;2*4-5,7H2,1-3H3;6H,2,5H2,1,3-4H3. The van der Waals surface area contributed by atoms with E-state index in [4.69, 9.17) is 34.7 Å². The SMILES string of the molecule is C=C1C2CCC(C2)C1OC(=O)C(C)(C)CC.C=COC(=O)C(C)(C)CC.CCC(C)(C)C(=O)OCCC#N.CCC(C)(C)C(=O)OCCC#N.CCC(C)C(=O)Oc1ccc(C#N)cc1. The minimum atomic E-state index is -0.421. The lowest BCUT2D eigenvalue weighted by atomic mass is 9.89. The van der Waals surface area contributed by atoms with Crippen molar-refractivity contribution in [1.82, 2.24) is 0 Å². The Hall–Kier alpha value is -5.48. The van der Waals surface area contributed by atoms with Gasteiger partial charge in [-0.05, 0) is 143 Å². The van der Waals surface area contributed by atoms with Crippen LogP contribution < -0.4 is 4.74 Å². The molecule has 13 heteroatoms. The second-order valence-corrected chi connectivity index (χ2v) is 18.6. The number of carbonyl (C=O) groups excluding carboxylic acids is 5. The van der Waals surface area contributed by atoms with E-state index < -0.39 is 10.8 Å². The number of rotatable bonds is 17. The molecule has 2 fully saturated rings. The largest absolute Gasteiger partial charge is 0.464 e. The Balaban J connectivity index is 0. The molecule has 3 rings (SSSR count). The van der Waals surface area contributed by atoms with E-state index in [0.717, 1.165) is 37.7 Å². The number of esters is 5. The summed E-state index contributed by atoms with van der Waals surface area (Å²) in [6.07, 6.45) is 9.20. The molecule has 65 heavy (non-hydrogen) atoms. The molecule has 0 radical (unpaired) electrons. The van der Waals surface area contributed by atoms with Gasteiger partial charge in [-0.15, -0.1) is 0 Å². The van der Waals surface area contributed by atoms with Gasteiger partial charge in [0.05, 0.1) is 70.5 Å². The molecule has 0 N–H and O–H groups in total. The molecule has 2 saturated carbocycles. The smallest absolute Gasteiger partial charge is 0.316 e. The molecule has 4 unspecified atom stereocenters. The number of fused-ring (bicyclic) bond motifs is 2. The molecule has 4 atom stereocenters. The summed E-state index contributed by atoms with van der Waals surface area (Å²) in [5.74, 6) is 0.600. The molecule has 0 saturated heterocycles. The van der Waals surface area contributed by atoms with Crippen molar-refractivity contribution in [2.75, 3.05) is 13.2 Å². The zero-order valence-corrected chi connectivity index (χ0v) is 42.0. The van der Waals surface area contributed by atoms with Gasteiger partial charge in [-0.25, -0.2) is 0 Å². The van der Waals surface area contributed by atoms with Crippen LogP contribution in [0.5, 0.6) is 5.75 Å². The van der Waals surface area contributed by atoms with E-state index in [1.54, 1.807) is 24.3 Å². The first kappa shape index (κ1) is 61.6. The van der Waals surface area contributed by atoms with Gasteiger partial charge in [0, 0.05) is 5.92 Å². The highest BCUT2D eigenvalue weighted by Crippen LogP contribution is 2.49. The Morgan fingerprint density at radius 1 is 0.708 bits per heavy atom. The molecule has 1 aromatic rings. The van der Waals surface area contributed by atoms with Crippen LogP contribution >= 0.6 is 0 Å². The Morgan fingerprint density at radius 2 is 1.14 bits per heavy atom. The Morgan fingerprint density at radius 3 is 1.49 bits per heavy atom. The maximum atomic E-state index is 12.0. The topological polar surface area (TPSA) is 203 Å². The summed E-state index contributed by atoms with van der Waals surface area (Å²) in [4.78, 5) is 56.9. The summed E-state index contributed by atoms with van der Waals surface area (Å²) in [6, 6.07) is 12.3. The minimum Gasteiger partial charge on any atom is -0.464 e. The number of nitriles is 3. The molecule has 0 heterocycles. The van der Waals surface area contributed by atoms with Crippen LogP contribution in [0.1, 0.15) is 167 Å². The van der Waals surface area contributed by atoms with Crippen LogP contribution in [-0.2, 0) is 42.9 Å². The molecule has 2 bridgehead atoms. The molecule has 13 nitrogen and oxygen atoms in total. The van der Waals surface area contributed by atoms with Crippen molar-refractivity contribution < 1.29 is 47.7 Å². The number of hydrogen-bond donors (Lipinski definition) is 0. The van der Waals surface area contributed by atoms with E-state index in [9.17, 15) is 24.0 Å². The minimum absolute atomic E-state index is 0.0112. The predicted octanol–water partition coefficient (Wildman–Crippen LogP) is 11.7. The van der Waals surface area contributed by atoms with Crippen molar-refractivity contribution in [2.24, 2.45) is 39.4 Å². The Kier molecular flexibility index (Phi) is 29.0. The molecule has 0 aromatic heterocycles.